The molecule has 0 bridgehead atoms. The van der Waals surface area contributed by atoms with E-state index in [0.717, 1.165) is 17.8 Å². The van der Waals surface area contributed by atoms with Gasteiger partial charge in [0.1, 0.15) is 0 Å². The zero-order chi connectivity index (χ0) is 11.4. The van der Waals surface area contributed by atoms with Crippen LogP contribution in [0.4, 0.5) is 0 Å². The van der Waals surface area contributed by atoms with E-state index < -0.39 is 0 Å². The van der Waals surface area contributed by atoms with E-state index in [0.29, 0.717) is 11.6 Å². The Bertz CT molecular complexity index is 360. The third-order valence-corrected chi connectivity index (χ3v) is 2.64. The molecule has 0 atom stereocenters. The van der Waals surface area contributed by atoms with E-state index in [2.05, 4.69) is 10.4 Å². The molecule has 0 saturated carbocycles. The van der Waals surface area contributed by atoms with Gasteiger partial charge in [-0.25, -0.2) is 0 Å². The highest BCUT2D eigenvalue weighted by atomic mass is 35.5. The van der Waals surface area contributed by atoms with E-state index in [1.54, 1.807) is 11.7 Å². The molecule has 0 fully saturated rings. The van der Waals surface area contributed by atoms with Gasteiger partial charge in [0.05, 0.1) is 22.8 Å². The molecule has 1 N–H and O–H groups in total. The number of rotatable bonds is 4. The van der Waals surface area contributed by atoms with Gasteiger partial charge in [-0.05, 0) is 13.3 Å². The average molecular weight is 230 g/mol. The Morgan fingerprint density at radius 3 is 2.67 bits per heavy atom. The normalized spacial score (nSPS) is 10.4. The third-order valence-electron chi connectivity index (χ3n) is 2.20. The Hall–Kier alpha value is -1.03. The van der Waals surface area contributed by atoms with Crippen molar-refractivity contribution in [2.75, 3.05) is 6.54 Å². The van der Waals surface area contributed by atoms with Crippen LogP contribution in [0.3, 0.4) is 0 Å². The highest BCUT2D eigenvalue weighted by Crippen LogP contribution is 2.20. The van der Waals surface area contributed by atoms with E-state index in [-0.39, 0.29) is 12.3 Å². The molecule has 0 unspecified atom stereocenters. The van der Waals surface area contributed by atoms with Crippen LogP contribution in [0, 0.1) is 0 Å². The van der Waals surface area contributed by atoms with Gasteiger partial charge in [-0.3, -0.25) is 9.48 Å². The highest BCUT2D eigenvalue weighted by molar-refractivity contribution is 6.32. The summed E-state index contributed by atoms with van der Waals surface area (Å²) in [5.74, 6) is -0.0231. The van der Waals surface area contributed by atoms with E-state index in [9.17, 15) is 4.79 Å². The molecule has 0 aliphatic rings. The minimum Gasteiger partial charge on any atom is -0.356 e. The molecule has 15 heavy (non-hydrogen) atoms. The van der Waals surface area contributed by atoms with Crippen molar-refractivity contribution in [1.82, 2.24) is 15.1 Å². The SMILES string of the molecule is CCNC(=O)Cc1c(Cl)c(CC)nn1C. The molecule has 4 nitrogen and oxygen atoms in total. The lowest BCUT2D eigenvalue weighted by atomic mass is 10.2. The number of halogens is 1. The molecular weight excluding hydrogens is 214 g/mol. The van der Waals surface area contributed by atoms with Gasteiger partial charge in [-0.1, -0.05) is 18.5 Å². The van der Waals surface area contributed by atoms with E-state index in [4.69, 9.17) is 11.6 Å². The minimum atomic E-state index is -0.0231. The van der Waals surface area contributed by atoms with Crippen LogP contribution in [0.1, 0.15) is 25.2 Å². The smallest absolute Gasteiger partial charge is 0.226 e. The number of nitrogens with zero attached hydrogens (tertiary/aromatic N) is 2. The van der Waals surface area contributed by atoms with Crippen molar-refractivity contribution in [3.63, 3.8) is 0 Å². The lowest BCUT2D eigenvalue weighted by molar-refractivity contribution is -0.120. The minimum absolute atomic E-state index is 0.0231. The molecule has 0 spiro atoms. The van der Waals surface area contributed by atoms with Gasteiger partial charge in [-0.15, -0.1) is 0 Å². The molecule has 5 heteroatoms. The topological polar surface area (TPSA) is 46.9 Å². The second-order valence-electron chi connectivity index (χ2n) is 3.31. The van der Waals surface area contributed by atoms with Crippen molar-refractivity contribution in [2.45, 2.75) is 26.7 Å². The maximum Gasteiger partial charge on any atom is 0.226 e. The quantitative estimate of drug-likeness (QED) is 0.847. The lowest BCUT2D eigenvalue weighted by Gasteiger charge is -2.03. The van der Waals surface area contributed by atoms with Crippen molar-refractivity contribution in [3.05, 3.63) is 16.4 Å². The van der Waals surface area contributed by atoms with Crippen LogP contribution >= 0.6 is 11.6 Å². The summed E-state index contributed by atoms with van der Waals surface area (Å²) in [6.07, 6.45) is 1.07. The summed E-state index contributed by atoms with van der Waals surface area (Å²) < 4.78 is 1.68. The Morgan fingerprint density at radius 2 is 2.20 bits per heavy atom. The number of likely N-dealkylation sites (N-methyl/N-ethyl adjacent to an activating group) is 1. The molecular formula is C10H16ClN3O. The van der Waals surface area contributed by atoms with Crippen molar-refractivity contribution >= 4 is 17.5 Å². The van der Waals surface area contributed by atoms with Crippen molar-refractivity contribution in [2.24, 2.45) is 7.05 Å². The molecule has 1 heterocycles. The molecule has 0 aromatic carbocycles. The fraction of sp³-hybridized carbons (Fsp3) is 0.600. The molecule has 1 rings (SSSR count). The molecule has 1 aromatic rings. The van der Waals surface area contributed by atoms with Crippen molar-refractivity contribution in [3.8, 4) is 0 Å². The zero-order valence-electron chi connectivity index (χ0n) is 9.30. The number of hydrogen-bond acceptors (Lipinski definition) is 2. The van der Waals surface area contributed by atoms with Crippen LogP contribution in [-0.2, 0) is 24.7 Å². The zero-order valence-corrected chi connectivity index (χ0v) is 10.1. The maximum atomic E-state index is 11.4. The summed E-state index contributed by atoms with van der Waals surface area (Å²) in [7, 11) is 1.81. The van der Waals surface area contributed by atoms with Gasteiger partial charge in [0, 0.05) is 13.6 Å². The first-order chi connectivity index (χ1) is 7.10. The molecule has 0 radical (unpaired) electrons. The van der Waals surface area contributed by atoms with Crippen LogP contribution in [-0.4, -0.2) is 22.2 Å². The first-order valence-corrected chi connectivity index (χ1v) is 5.44. The lowest BCUT2D eigenvalue weighted by Crippen LogP contribution is -2.25. The van der Waals surface area contributed by atoms with Crippen LogP contribution in [0.15, 0.2) is 0 Å². The summed E-state index contributed by atoms with van der Waals surface area (Å²) in [5.41, 5.74) is 1.62. The number of amides is 1. The van der Waals surface area contributed by atoms with Gasteiger partial charge >= 0.3 is 0 Å². The summed E-state index contributed by atoms with van der Waals surface area (Å²) >= 11 is 6.11. The summed E-state index contributed by atoms with van der Waals surface area (Å²) in [4.78, 5) is 11.4. The first kappa shape index (κ1) is 12.0. The van der Waals surface area contributed by atoms with Gasteiger partial charge < -0.3 is 5.32 Å². The van der Waals surface area contributed by atoms with E-state index in [1.165, 1.54) is 0 Å². The molecule has 1 aromatic heterocycles. The summed E-state index contributed by atoms with van der Waals surface area (Å²) in [6.45, 7) is 4.51. The Kier molecular flexibility index (Phi) is 4.15. The monoisotopic (exact) mass is 229 g/mol. The molecule has 84 valence electrons. The Balaban J connectivity index is 2.85. The third kappa shape index (κ3) is 2.72. The van der Waals surface area contributed by atoms with E-state index in [1.807, 2.05) is 13.8 Å². The Morgan fingerprint density at radius 1 is 1.53 bits per heavy atom. The average Bonchev–Trinajstić information content (AvgIpc) is 2.45. The van der Waals surface area contributed by atoms with Crippen LogP contribution < -0.4 is 5.32 Å². The number of aryl methyl sites for hydroxylation is 2. The Labute approximate surface area is 94.6 Å². The molecule has 0 aliphatic carbocycles. The van der Waals surface area contributed by atoms with Crippen LogP contribution in [0.5, 0.6) is 0 Å². The van der Waals surface area contributed by atoms with Gasteiger partial charge in [0.15, 0.2) is 0 Å². The molecule has 1 amide bonds. The number of nitrogens with one attached hydrogen (secondary N) is 1. The highest BCUT2D eigenvalue weighted by Gasteiger charge is 2.15. The van der Waals surface area contributed by atoms with Crippen molar-refractivity contribution < 1.29 is 4.79 Å². The summed E-state index contributed by atoms with van der Waals surface area (Å²) in [5, 5.41) is 7.60. The van der Waals surface area contributed by atoms with Gasteiger partial charge in [0.25, 0.3) is 0 Å². The van der Waals surface area contributed by atoms with Crippen LogP contribution in [0.2, 0.25) is 5.02 Å². The number of carbonyl (C=O) groups excluding carboxylic acids is 1. The molecule has 0 saturated heterocycles. The second kappa shape index (κ2) is 5.16. The second-order valence-corrected chi connectivity index (χ2v) is 3.69. The first-order valence-electron chi connectivity index (χ1n) is 5.07. The fourth-order valence-electron chi connectivity index (χ4n) is 1.42. The number of aromatic nitrogens is 2. The molecule has 0 aliphatic heterocycles. The standard InChI is InChI=1S/C10H16ClN3O/c1-4-7-10(11)8(14(3)13-7)6-9(15)12-5-2/h4-6H2,1-3H3,(H,12,15). The number of hydrogen-bond donors (Lipinski definition) is 1. The fourth-order valence-corrected chi connectivity index (χ4v) is 1.78. The van der Waals surface area contributed by atoms with Crippen LogP contribution in [0.25, 0.3) is 0 Å². The van der Waals surface area contributed by atoms with Crippen molar-refractivity contribution in [1.29, 1.82) is 0 Å². The van der Waals surface area contributed by atoms with E-state index >= 15 is 0 Å². The predicted octanol–water partition coefficient (Wildman–Crippen LogP) is 1.31. The predicted molar refractivity (Wildman–Crippen MR) is 60.0 cm³/mol. The van der Waals surface area contributed by atoms with Gasteiger partial charge in [0.2, 0.25) is 5.91 Å². The number of carbonyl (C=O) groups is 1. The maximum absolute atomic E-state index is 11.4. The summed E-state index contributed by atoms with van der Waals surface area (Å²) in [6, 6.07) is 0. The van der Waals surface area contributed by atoms with Gasteiger partial charge in [-0.2, -0.15) is 5.10 Å². The largest absolute Gasteiger partial charge is 0.356 e.